The normalized spacial score (nSPS) is 20.0. The number of nitrogens with one attached hydrogen (secondary N) is 2. The van der Waals surface area contributed by atoms with Crippen molar-refractivity contribution < 1.29 is 17.2 Å². The van der Waals surface area contributed by atoms with Crippen LogP contribution in [-0.4, -0.2) is 28.1 Å². The van der Waals surface area contributed by atoms with Crippen molar-refractivity contribution in [3.63, 3.8) is 0 Å². The number of hydrogen-bond acceptors (Lipinski definition) is 3. The van der Waals surface area contributed by atoms with E-state index in [-0.39, 0.29) is 6.54 Å². The van der Waals surface area contributed by atoms with Crippen molar-refractivity contribution in [3.05, 3.63) is 29.8 Å². The molecule has 1 fully saturated rings. The number of sulfonamides is 1. The molecule has 7 heteroatoms. The first-order chi connectivity index (χ1) is 9.49. The minimum absolute atomic E-state index is 0.227. The number of halogens is 2. The van der Waals surface area contributed by atoms with E-state index in [0.717, 1.165) is 38.1 Å². The van der Waals surface area contributed by atoms with E-state index in [4.69, 9.17) is 0 Å². The highest BCUT2D eigenvalue weighted by atomic mass is 32.2. The van der Waals surface area contributed by atoms with Gasteiger partial charge in [-0.05, 0) is 56.5 Å². The Labute approximate surface area is 117 Å². The molecule has 112 valence electrons. The fourth-order valence-corrected chi connectivity index (χ4v) is 3.46. The van der Waals surface area contributed by atoms with Crippen molar-refractivity contribution in [2.45, 2.75) is 24.2 Å². The maximum Gasteiger partial charge on any atom is 0.243 e. The van der Waals surface area contributed by atoms with Crippen LogP contribution in [0, 0.1) is 17.6 Å². The Kier molecular flexibility index (Phi) is 5.06. The summed E-state index contributed by atoms with van der Waals surface area (Å²) in [5.41, 5.74) is 0. The second-order valence-electron chi connectivity index (χ2n) is 4.97. The van der Waals surface area contributed by atoms with Gasteiger partial charge in [0.05, 0.1) is 0 Å². The van der Waals surface area contributed by atoms with Crippen molar-refractivity contribution in [2.24, 2.45) is 5.92 Å². The summed E-state index contributed by atoms with van der Waals surface area (Å²) in [5, 5.41) is 3.24. The molecule has 1 aromatic rings. The second kappa shape index (κ2) is 6.60. The molecule has 0 aromatic heterocycles. The third kappa shape index (κ3) is 3.97. The molecule has 4 nitrogen and oxygen atoms in total. The summed E-state index contributed by atoms with van der Waals surface area (Å²) in [6.45, 7) is 2.09. The smallest absolute Gasteiger partial charge is 0.243 e. The summed E-state index contributed by atoms with van der Waals surface area (Å²) in [4.78, 5) is -0.640. The molecule has 0 radical (unpaired) electrons. The Morgan fingerprint density at radius 1 is 1.35 bits per heavy atom. The van der Waals surface area contributed by atoms with Gasteiger partial charge in [0.15, 0.2) is 0 Å². The molecular formula is C13H18F2N2O2S. The highest BCUT2D eigenvalue weighted by Crippen LogP contribution is 2.17. The third-order valence-electron chi connectivity index (χ3n) is 3.43. The van der Waals surface area contributed by atoms with E-state index in [2.05, 4.69) is 10.0 Å². The first-order valence-electron chi connectivity index (χ1n) is 6.64. The molecule has 2 N–H and O–H groups in total. The Balaban J connectivity index is 1.95. The van der Waals surface area contributed by atoms with Gasteiger partial charge in [0.2, 0.25) is 10.0 Å². The average Bonchev–Trinajstić information content (AvgIpc) is 2.42. The molecule has 1 heterocycles. The van der Waals surface area contributed by atoms with E-state index in [1.54, 1.807) is 0 Å². The van der Waals surface area contributed by atoms with Crippen LogP contribution in [0.2, 0.25) is 0 Å². The van der Waals surface area contributed by atoms with Gasteiger partial charge in [-0.25, -0.2) is 21.9 Å². The monoisotopic (exact) mass is 304 g/mol. The molecular weight excluding hydrogens is 286 g/mol. The SMILES string of the molecule is O=S(=O)(NCCC1CCCNC1)c1cc(F)ccc1F. The van der Waals surface area contributed by atoms with Crippen LogP contribution in [0.5, 0.6) is 0 Å². The first-order valence-corrected chi connectivity index (χ1v) is 8.13. The first kappa shape index (κ1) is 15.3. The predicted molar refractivity (Wildman–Crippen MR) is 71.8 cm³/mol. The Morgan fingerprint density at radius 3 is 2.85 bits per heavy atom. The van der Waals surface area contributed by atoms with Crippen LogP contribution >= 0.6 is 0 Å². The van der Waals surface area contributed by atoms with Gasteiger partial charge in [-0.2, -0.15) is 0 Å². The van der Waals surface area contributed by atoms with Gasteiger partial charge < -0.3 is 5.32 Å². The molecule has 1 aliphatic heterocycles. The topological polar surface area (TPSA) is 58.2 Å². The van der Waals surface area contributed by atoms with E-state index in [1.807, 2.05) is 0 Å². The number of benzene rings is 1. The fourth-order valence-electron chi connectivity index (χ4n) is 2.33. The Morgan fingerprint density at radius 2 is 2.15 bits per heavy atom. The van der Waals surface area contributed by atoms with Gasteiger partial charge in [-0.1, -0.05) is 0 Å². The van der Waals surface area contributed by atoms with Crippen LogP contribution in [0.25, 0.3) is 0 Å². The zero-order valence-corrected chi connectivity index (χ0v) is 11.8. The second-order valence-corrected chi connectivity index (χ2v) is 6.71. The summed E-state index contributed by atoms with van der Waals surface area (Å²) >= 11 is 0. The molecule has 1 saturated heterocycles. The standard InChI is InChI=1S/C13H18F2N2O2S/c14-11-3-4-12(15)13(8-11)20(18,19)17-7-5-10-2-1-6-16-9-10/h3-4,8,10,16-17H,1-2,5-7,9H2. The lowest BCUT2D eigenvalue weighted by Gasteiger charge is -2.22. The van der Waals surface area contributed by atoms with Crippen LogP contribution in [0.15, 0.2) is 23.1 Å². The lowest BCUT2D eigenvalue weighted by molar-refractivity contribution is 0.358. The molecule has 1 aromatic carbocycles. The molecule has 2 rings (SSSR count). The lowest BCUT2D eigenvalue weighted by Crippen LogP contribution is -2.33. The third-order valence-corrected chi connectivity index (χ3v) is 4.90. The van der Waals surface area contributed by atoms with Gasteiger partial charge in [-0.15, -0.1) is 0 Å². The molecule has 0 amide bonds. The quantitative estimate of drug-likeness (QED) is 0.869. The van der Waals surface area contributed by atoms with Crippen LogP contribution in [0.4, 0.5) is 8.78 Å². The minimum Gasteiger partial charge on any atom is -0.316 e. The number of rotatable bonds is 5. The van der Waals surface area contributed by atoms with Crippen LogP contribution in [0.1, 0.15) is 19.3 Å². The Bertz CT molecular complexity index is 557. The van der Waals surface area contributed by atoms with Crippen molar-refractivity contribution in [2.75, 3.05) is 19.6 Å². The molecule has 0 bridgehead atoms. The zero-order chi connectivity index (χ0) is 14.6. The van der Waals surface area contributed by atoms with Gasteiger partial charge in [-0.3, -0.25) is 0 Å². The van der Waals surface area contributed by atoms with Crippen molar-refractivity contribution in [1.29, 1.82) is 0 Å². The summed E-state index contributed by atoms with van der Waals surface area (Å²) in [6.07, 6.45) is 2.82. The highest BCUT2D eigenvalue weighted by Gasteiger charge is 2.20. The molecule has 0 saturated carbocycles. The van der Waals surface area contributed by atoms with E-state index in [9.17, 15) is 17.2 Å². The van der Waals surface area contributed by atoms with Crippen molar-refractivity contribution in [1.82, 2.24) is 10.0 Å². The Hall–Kier alpha value is -1.05. The van der Waals surface area contributed by atoms with Gasteiger partial charge in [0.25, 0.3) is 0 Å². The summed E-state index contributed by atoms with van der Waals surface area (Å²) in [7, 11) is -4.00. The molecule has 1 unspecified atom stereocenters. The van der Waals surface area contributed by atoms with Crippen molar-refractivity contribution in [3.8, 4) is 0 Å². The minimum atomic E-state index is -4.00. The fraction of sp³-hybridized carbons (Fsp3) is 0.538. The summed E-state index contributed by atoms with van der Waals surface area (Å²) < 4.78 is 52.6. The van der Waals surface area contributed by atoms with E-state index in [0.29, 0.717) is 18.4 Å². The van der Waals surface area contributed by atoms with Crippen LogP contribution in [0.3, 0.4) is 0 Å². The zero-order valence-electron chi connectivity index (χ0n) is 11.0. The molecule has 1 atom stereocenters. The van der Waals surface area contributed by atoms with Crippen LogP contribution < -0.4 is 10.0 Å². The molecule has 1 aliphatic rings. The van der Waals surface area contributed by atoms with E-state index in [1.165, 1.54) is 0 Å². The summed E-state index contributed by atoms with van der Waals surface area (Å²) in [6, 6.07) is 2.40. The maximum absolute atomic E-state index is 13.5. The lowest BCUT2D eigenvalue weighted by atomic mass is 9.96. The molecule has 0 aliphatic carbocycles. The number of piperidine rings is 1. The highest BCUT2D eigenvalue weighted by molar-refractivity contribution is 7.89. The van der Waals surface area contributed by atoms with Crippen molar-refractivity contribution >= 4 is 10.0 Å². The maximum atomic E-state index is 13.5. The molecule has 20 heavy (non-hydrogen) atoms. The molecule has 0 spiro atoms. The van der Waals surface area contributed by atoms with Crippen LogP contribution in [-0.2, 0) is 10.0 Å². The van der Waals surface area contributed by atoms with E-state index < -0.39 is 26.6 Å². The summed E-state index contributed by atoms with van der Waals surface area (Å²) in [5.74, 6) is -1.30. The van der Waals surface area contributed by atoms with Gasteiger partial charge in [0, 0.05) is 6.54 Å². The van der Waals surface area contributed by atoms with E-state index >= 15 is 0 Å². The van der Waals surface area contributed by atoms with Gasteiger partial charge in [0.1, 0.15) is 16.5 Å². The predicted octanol–water partition coefficient (Wildman–Crippen LogP) is 1.63. The number of hydrogen-bond donors (Lipinski definition) is 2. The van der Waals surface area contributed by atoms with Gasteiger partial charge >= 0.3 is 0 Å². The largest absolute Gasteiger partial charge is 0.316 e. The average molecular weight is 304 g/mol.